The first-order valence-electron chi connectivity index (χ1n) is 9.05. The van der Waals surface area contributed by atoms with Gasteiger partial charge in [-0.1, -0.05) is 0 Å². The van der Waals surface area contributed by atoms with E-state index in [-0.39, 0.29) is 36.6 Å². The van der Waals surface area contributed by atoms with Gasteiger partial charge in [0.25, 0.3) is 0 Å². The van der Waals surface area contributed by atoms with Crippen molar-refractivity contribution in [2.75, 3.05) is 39.6 Å². The van der Waals surface area contributed by atoms with E-state index in [1.54, 1.807) is 12.1 Å². The van der Waals surface area contributed by atoms with E-state index in [9.17, 15) is 9.90 Å². The maximum Gasteiger partial charge on any atom is 0.337 e. The van der Waals surface area contributed by atoms with E-state index in [0.29, 0.717) is 17.1 Å². The summed E-state index contributed by atoms with van der Waals surface area (Å²) >= 11 is 0. The normalized spacial score (nSPS) is 19.1. The third-order valence-electron chi connectivity index (χ3n) is 5.59. The molecule has 8 nitrogen and oxygen atoms in total. The van der Waals surface area contributed by atoms with Crippen molar-refractivity contribution in [3.05, 3.63) is 46.7 Å². The van der Waals surface area contributed by atoms with Gasteiger partial charge < -0.3 is 33.7 Å². The van der Waals surface area contributed by atoms with Gasteiger partial charge in [-0.15, -0.1) is 0 Å². The predicted molar refractivity (Wildman–Crippen MR) is 102 cm³/mol. The van der Waals surface area contributed by atoms with Gasteiger partial charge in [-0.3, -0.25) is 0 Å². The summed E-state index contributed by atoms with van der Waals surface area (Å²) in [6.07, 6.45) is 0. The van der Waals surface area contributed by atoms with Crippen LogP contribution in [-0.4, -0.2) is 45.7 Å². The fourth-order valence-electron chi connectivity index (χ4n) is 4.17. The van der Waals surface area contributed by atoms with Crippen molar-refractivity contribution in [3.8, 4) is 28.7 Å². The Bertz CT molecular complexity index is 1050. The number of ether oxygens (including phenoxy) is 5. The molecule has 0 saturated heterocycles. The molecule has 0 aliphatic carbocycles. The average Bonchev–Trinajstić information content (AvgIpc) is 3.34. The lowest BCUT2D eigenvalue weighted by molar-refractivity contribution is -0.136. The van der Waals surface area contributed by atoms with Crippen LogP contribution in [0.2, 0.25) is 0 Å². The number of hydrogen-bond acceptors (Lipinski definition) is 8. The number of cyclic esters (lactones) is 1. The Kier molecular flexibility index (Phi) is 3.77. The number of phenols is 1. The Labute approximate surface area is 166 Å². The second-order valence-electron chi connectivity index (χ2n) is 6.97. The average molecular weight is 397 g/mol. The molecule has 3 aliphatic rings. The molecule has 0 spiro atoms. The molecule has 0 radical (unpaired) electrons. The standard InChI is InChI=1S/C21H19NO7/c1-22-12-7-15-14(28-9-29-15)6-11(12)18(19-13(22)8-27-21(19)24)10-4-16(25-2)20(23)17(5-10)26-3/h4-7,18,23H,8-9H2,1-3H3. The SMILES string of the molecule is COc1cc(C2C3=C(COC3=O)N(C)c3cc4c(cc32)OCO4)cc(OC)c1O. The van der Waals surface area contributed by atoms with Crippen molar-refractivity contribution in [1.29, 1.82) is 0 Å². The van der Waals surface area contributed by atoms with Gasteiger partial charge in [-0.2, -0.15) is 0 Å². The van der Waals surface area contributed by atoms with E-state index >= 15 is 0 Å². The Hall–Kier alpha value is -3.55. The molecular weight excluding hydrogens is 378 g/mol. The highest BCUT2D eigenvalue weighted by molar-refractivity contribution is 5.97. The van der Waals surface area contributed by atoms with Crippen molar-refractivity contribution in [3.63, 3.8) is 0 Å². The van der Waals surface area contributed by atoms with Gasteiger partial charge in [0.15, 0.2) is 23.0 Å². The lowest BCUT2D eigenvalue weighted by atomic mass is 9.80. The van der Waals surface area contributed by atoms with Crippen LogP contribution in [0.25, 0.3) is 0 Å². The highest BCUT2D eigenvalue weighted by Gasteiger charge is 2.42. The van der Waals surface area contributed by atoms with Crippen LogP contribution in [0.4, 0.5) is 5.69 Å². The second kappa shape index (κ2) is 6.23. The topological polar surface area (TPSA) is 86.7 Å². The lowest BCUT2D eigenvalue weighted by Gasteiger charge is -2.33. The number of likely N-dealkylation sites (N-methyl/N-ethyl adjacent to an activating group) is 1. The molecule has 5 rings (SSSR count). The molecule has 0 bridgehead atoms. The zero-order valence-electron chi connectivity index (χ0n) is 16.1. The summed E-state index contributed by atoms with van der Waals surface area (Å²) in [6, 6.07) is 7.21. The number of esters is 1. The summed E-state index contributed by atoms with van der Waals surface area (Å²) in [5.41, 5.74) is 3.83. The van der Waals surface area contributed by atoms with E-state index in [1.807, 2.05) is 24.1 Å². The molecule has 0 aromatic heterocycles. The second-order valence-corrected chi connectivity index (χ2v) is 6.97. The molecule has 1 unspecified atom stereocenters. The number of carbonyl (C=O) groups is 1. The molecular formula is C21H19NO7. The summed E-state index contributed by atoms with van der Waals surface area (Å²) in [6.45, 7) is 0.351. The number of phenolic OH excluding ortho intramolecular Hbond substituents is 1. The van der Waals surface area contributed by atoms with Crippen molar-refractivity contribution in [2.24, 2.45) is 0 Å². The Balaban J connectivity index is 1.78. The lowest BCUT2D eigenvalue weighted by Crippen LogP contribution is -2.27. The summed E-state index contributed by atoms with van der Waals surface area (Å²) < 4.78 is 27.1. The predicted octanol–water partition coefficient (Wildman–Crippen LogP) is 2.53. The van der Waals surface area contributed by atoms with Crippen LogP contribution < -0.4 is 23.8 Å². The highest BCUT2D eigenvalue weighted by Crippen LogP contribution is 2.52. The van der Waals surface area contributed by atoms with Gasteiger partial charge in [-0.05, 0) is 29.3 Å². The molecule has 3 heterocycles. The number of nitrogens with zero attached hydrogens (tertiary/aromatic N) is 1. The Morgan fingerprint density at radius 3 is 2.34 bits per heavy atom. The van der Waals surface area contributed by atoms with E-state index in [4.69, 9.17) is 23.7 Å². The number of benzene rings is 2. The zero-order chi connectivity index (χ0) is 20.3. The van der Waals surface area contributed by atoms with E-state index < -0.39 is 5.92 Å². The first-order chi connectivity index (χ1) is 14.0. The summed E-state index contributed by atoms with van der Waals surface area (Å²) in [5, 5.41) is 10.3. The monoisotopic (exact) mass is 397 g/mol. The minimum absolute atomic E-state index is 0.0965. The molecule has 0 saturated carbocycles. The minimum Gasteiger partial charge on any atom is -0.502 e. The van der Waals surface area contributed by atoms with E-state index in [1.165, 1.54) is 14.2 Å². The van der Waals surface area contributed by atoms with Crippen LogP contribution >= 0.6 is 0 Å². The highest BCUT2D eigenvalue weighted by atomic mass is 16.7. The molecule has 2 aromatic rings. The van der Waals surface area contributed by atoms with Crippen LogP contribution in [0.1, 0.15) is 17.0 Å². The van der Waals surface area contributed by atoms with Crippen molar-refractivity contribution < 1.29 is 33.6 Å². The third-order valence-corrected chi connectivity index (χ3v) is 5.59. The molecule has 0 fully saturated rings. The van der Waals surface area contributed by atoms with Crippen LogP contribution in [0, 0.1) is 0 Å². The van der Waals surface area contributed by atoms with Crippen LogP contribution in [-0.2, 0) is 9.53 Å². The largest absolute Gasteiger partial charge is 0.502 e. The van der Waals surface area contributed by atoms with Gasteiger partial charge in [0.1, 0.15) is 6.61 Å². The minimum atomic E-state index is -0.441. The number of methoxy groups -OCH3 is 2. The van der Waals surface area contributed by atoms with Gasteiger partial charge >= 0.3 is 5.97 Å². The number of anilines is 1. The number of carbonyl (C=O) groups excluding carboxylic acids is 1. The van der Waals surface area contributed by atoms with Crippen LogP contribution in [0.15, 0.2) is 35.5 Å². The molecule has 8 heteroatoms. The smallest absolute Gasteiger partial charge is 0.337 e. The van der Waals surface area contributed by atoms with Crippen molar-refractivity contribution >= 4 is 11.7 Å². The maximum absolute atomic E-state index is 12.7. The number of rotatable bonds is 3. The molecule has 150 valence electrons. The zero-order valence-corrected chi connectivity index (χ0v) is 16.1. The number of hydrogen-bond donors (Lipinski definition) is 1. The molecule has 1 atom stereocenters. The maximum atomic E-state index is 12.7. The summed E-state index contributed by atoms with van der Waals surface area (Å²) in [5.74, 6) is 0.888. The summed E-state index contributed by atoms with van der Waals surface area (Å²) in [4.78, 5) is 14.6. The van der Waals surface area contributed by atoms with E-state index in [0.717, 1.165) is 22.5 Å². The number of fused-ring (bicyclic) bond motifs is 2. The van der Waals surface area contributed by atoms with Crippen molar-refractivity contribution in [2.45, 2.75) is 5.92 Å². The molecule has 3 aliphatic heterocycles. The first kappa shape index (κ1) is 17.5. The fraction of sp³-hybridized carbons (Fsp3) is 0.286. The number of aromatic hydroxyl groups is 1. The third kappa shape index (κ3) is 2.41. The van der Waals surface area contributed by atoms with Crippen molar-refractivity contribution in [1.82, 2.24) is 0 Å². The molecule has 0 amide bonds. The van der Waals surface area contributed by atoms with Gasteiger partial charge in [0.2, 0.25) is 12.5 Å². The molecule has 29 heavy (non-hydrogen) atoms. The van der Waals surface area contributed by atoms with Crippen LogP contribution in [0.5, 0.6) is 28.7 Å². The Morgan fingerprint density at radius 1 is 1.03 bits per heavy atom. The fourth-order valence-corrected chi connectivity index (χ4v) is 4.17. The van der Waals surface area contributed by atoms with Gasteiger partial charge in [0.05, 0.1) is 25.5 Å². The first-order valence-corrected chi connectivity index (χ1v) is 9.05. The van der Waals surface area contributed by atoms with Crippen LogP contribution in [0.3, 0.4) is 0 Å². The molecule has 2 aromatic carbocycles. The van der Waals surface area contributed by atoms with Gasteiger partial charge in [-0.25, -0.2) is 4.79 Å². The van der Waals surface area contributed by atoms with E-state index in [2.05, 4.69) is 0 Å². The summed E-state index contributed by atoms with van der Waals surface area (Å²) in [7, 11) is 4.83. The quantitative estimate of drug-likeness (QED) is 0.791. The Morgan fingerprint density at radius 2 is 1.69 bits per heavy atom. The van der Waals surface area contributed by atoms with Gasteiger partial charge in [0, 0.05) is 24.7 Å². The molecule has 1 N–H and O–H groups in total.